The van der Waals surface area contributed by atoms with Crippen molar-refractivity contribution < 1.29 is 0 Å². The Bertz CT molecular complexity index is 703. The maximum atomic E-state index is 6.21. The molecular weight excluding hydrogens is 248 g/mol. The van der Waals surface area contributed by atoms with E-state index in [-0.39, 0.29) is 6.04 Å². The number of H-pyrrole nitrogens is 1. The second kappa shape index (κ2) is 5.27. The van der Waals surface area contributed by atoms with Crippen LogP contribution in [-0.2, 0) is 0 Å². The number of nitrogens with one attached hydrogen (secondary N) is 1. The minimum atomic E-state index is -0.290. The SMILES string of the molecule is Cc1ccccc1-c1n[nH]c([C@H](N)c2ccccc2)n1. The Balaban J connectivity index is 1.93. The van der Waals surface area contributed by atoms with Gasteiger partial charge >= 0.3 is 0 Å². The van der Waals surface area contributed by atoms with E-state index in [1.807, 2.05) is 61.5 Å². The summed E-state index contributed by atoms with van der Waals surface area (Å²) in [5.41, 5.74) is 9.39. The van der Waals surface area contributed by atoms with E-state index in [9.17, 15) is 0 Å². The van der Waals surface area contributed by atoms with Crippen molar-refractivity contribution in [1.29, 1.82) is 0 Å². The zero-order valence-electron chi connectivity index (χ0n) is 11.2. The molecule has 0 aliphatic heterocycles. The molecule has 1 heterocycles. The second-order valence-corrected chi connectivity index (χ2v) is 4.75. The molecule has 3 aromatic rings. The molecule has 2 aromatic carbocycles. The van der Waals surface area contributed by atoms with Crippen LogP contribution in [0.25, 0.3) is 11.4 Å². The molecule has 20 heavy (non-hydrogen) atoms. The molecule has 0 amide bonds. The van der Waals surface area contributed by atoms with Gasteiger partial charge in [-0.05, 0) is 18.1 Å². The molecule has 3 N–H and O–H groups in total. The van der Waals surface area contributed by atoms with Gasteiger partial charge in [-0.25, -0.2) is 4.98 Å². The van der Waals surface area contributed by atoms with E-state index >= 15 is 0 Å². The number of aromatic amines is 1. The lowest BCUT2D eigenvalue weighted by molar-refractivity contribution is 0.787. The number of benzene rings is 2. The van der Waals surface area contributed by atoms with Crippen molar-refractivity contribution in [1.82, 2.24) is 15.2 Å². The van der Waals surface area contributed by atoms with Crippen LogP contribution in [0.5, 0.6) is 0 Å². The van der Waals surface area contributed by atoms with Crippen LogP contribution in [0.15, 0.2) is 54.6 Å². The summed E-state index contributed by atoms with van der Waals surface area (Å²) in [7, 11) is 0. The topological polar surface area (TPSA) is 67.6 Å². The quantitative estimate of drug-likeness (QED) is 0.764. The number of nitrogens with zero attached hydrogens (tertiary/aromatic N) is 2. The van der Waals surface area contributed by atoms with Crippen molar-refractivity contribution in [3.8, 4) is 11.4 Å². The predicted octanol–water partition coefficient (Wildman–Crippen LogP) is 2.83. The Morgan fingerprint density at radius 2 is 1.70 bits per heavy atom. The smallest absolute Gasteiger partial charge is 0.181 e. The van der Waals surface area contributed by atoms with E-state index in [1.54, 1.807) is 0 Å². The summed E-state index contributed by atoms with van der Waals surface area (Å²) in [5, 5.41) is 7.22. The molecule has 0 aliphatic carbocycles. The Labute approximate surface area is 117 Å². The largest absolute Gasteiger partial charge is 0.318 e. The molecule has 4 heteroatoms. The van der Waals surface area contributed by atoms with Gasteiger partial charge in [0.05, 0.1) is 6.04 Å². The molecule has 1 atom stereocenters. The highest BCUT2D eigenvalue weighted by Gasteiger charge is 2.15. The van der Waals surface area contributed by atoms with Crippen molar-refractivity contribution in [3.63, 3.8) is 0 Å². The molecule has 0 saturated heterocycles. The number of aryl methyl sites for hydroxylation is 1. The van der Waals surface area contributed by atoms with E-state index in [0.717, 1.165) is 16.7 Å². The van der Waals surface area contributed by atoms with Crippen molar-refractivity contribution >= 4 is 0 Å². The third kappa shape index (κ3) is 2.33. The highest BCUT2D eigenvalue weighted by atomic mass is 15.2. The summed E-state index contributed by atoms with van der Waals surface area (Å²) in [6.45, 7) is 2.04. The maximum Gasteiger partial charge on any atom is 0.181 e. The van der Waals surface area contributed by atoms with Gasteiger partial charge in [0.25, 0.3) is 0 Å². The van der Waals surface area contributed by atoms with Crippen LogP contribution in [0.1, 0.15) is 23.0 Å². The average Bonchev–Trinajstić information content (AvgIpc) is 2.97. The number of hydrogen-bond donors (Lipinski definition) is 2. The van der Waals surface area contributed by atoms with Gasteiger partial charge in [-0.15, -0.1) is 0 Å². The van der Waals surface area contributed by atoms with Gasteiger partial charge in [-0.3, -0.25) is 5.10 Å². The normalized spacial score (nSPS) is 12.3. The molecule has 4 nitrogen and oxygen atoms in total. The molecule has 3 rings (SSSR count). The highest BCUT2D eigenvalue weighted by molar-refractivity contribution is 5.59. The Morgan fingerprint density at radius 1 is 1.00 bits per heavy atom. The van der Waals surface area contributed by atoms with Crippen molar-refractivity contribution in [3.05, 3.63) is 71.5 Å². The third-order valence-electron chi connectivity index (χ3n) is 3.34. The average molecular weight is 264 g/mol. The monoisotopic (exact) mass is 264 g/mol. The molecule has 0 fully saturated rings. The summed E-state index contributed by atoms with van der Waals surface area (Å²) < 4.78 is 0. The van der Waals surface area contributed by atoms with Crippen molar-refractivity contribution in [2.45, 2.75) is 13.0 Å². The van der Waals surface area contributed by atoms with Crippen LogP contribution in [-0.4, -0.2) is 15.2 Å². The summed E-state index contributed by atoms with van der Waals surface area (Å²) in [6.07, 6.45) is 0. The van der Waals surface area contributed by atoms with Gasteiger partial charge in [0.15, 0.2) is 5.82 Å². The summed E-state index contributed by atoms with van der Waals surface area (Å²) in [4.78, 5) is 4.53. The highest BCUT2D eigenvalue weighted by Crippen LogP contribution is 2.22. The zero-order valence-corrected chi connectivity index (χ0v) is 11.2. The molecule has 0 radical (unpaired) electrons. The van der Waals surface area contributed by atoms with E-state index in [4.69, 9.17) is 5.73 Å². The summed E-state index contributed by atoms with van der Waals surface area (Å²) in [6, 6.07) is 17.6. The van der Waals surface area contributed by atoms with E-state index in [1.165, 1.54) is 0 Å². The third-order valence-corrected chi connectivity index (χ3v) is 3.34. The fourth-order valence-corrected chi connectivity index (χ4v) is 2.18. The zero-order chi connectivity index (χ0) is 13.9. The lowest BCUT2D eigenvalue weighted by atomic mass is 10.1. The summed E-state index contributed by atoms with van der Waals surface area (Å²) in [5.74, 6) is 1.36. The lowest BCUT2D eigenvalue weighted by Crippen LogP contribution is -2.13. The van der Waals surface area contributed by atoms with Gasteiger partial charge < -0.3 is 5.73 Å². The lowest BCUT2D eigenvalue weighted by Gasteiger charge is -2.07. The fraction of sp³-hybridized carbons (Fsp3) is 0.125. The van der Waals surface area contributed by atoms with Gasteiger partial charge in [-0.1, -0.05) is 54.6 Å². The van der Waals surface area contributed by atoms with E-state index < -0.39 is 0 Å². The first-order valence-electron chi connectivity index (χ1n) is 6.54. The Hall–Kier alpha value is -2.46. The van der Waals surface area contributed by atoms with E-state index in [2.05, 4.69) is 15.2 Å². The maximum absolute atomic E-state index is 6.21. The number of nitrogens with two attached hydrogens (primary N) is 1. The van der Waals surface area contributed by atoms with E-state index in [0.29, 0.717) is 11.6 Å². The van der Waals surface area contributed by atoms with Gasteiger partial charge in [0.2, 0.25) is 0 Å². The minimum absolute atomic E-state index is 0.290. The first-order valence-corrected chi connectivity index (χ1v) is 6.54. The molecular formula is C16H16N4. The van der Waals surface area contributed by atoms with Gasteiger partial charge in [0.1, 0.15) is 5.82 Å². The van der Waals surface area contributed by atoms with Crippen LogP contribution < -0.4 is 5.73 Å². The van der Waals surface area contributed by atoms with Crippen LogP contribution in [0.4, 0.5) is 0 Å². The van der Waals surface area contributed by atoms with Crippen LogP contribution in [0.3, 0.4) is 0 Å². The predicted molar refractivity (Wildman–Crippen MR) is 79.0 cm³/mol. The van der Waals surface area contributed by atoms with Crippen molar-refractivity contribution in [2.75, 3.05) is 0 Å². The van der Waals surface area contributed by atoms with Crippen LogP contribution >= 0.6 is 0 Å². The van der Waals surface area contributed by atoms with Gasteiger partial charge in [-0.2, -0.15) is 5.10 Å². The molecule has 1 aromatic heterocycles. The number of hydrogen-bond acceptors (Lipinski definition) is 3. The summed E-state index contributed by atoms with van der Waals surface area (Å²) >= 11 is 0. The molecule has 0 saturated carbocycles. The molecule has 0 unspecified atom stereocenters. The standard InChI is InChI=1S/C16H16N4/c1-11-7-5-6-10-13(11)15-18-16(20-19-15)14(17)12-8-3-2-4-9-12/h2-10,14H,17H2,1H3,(H,18,19,20)/t14-/m1/s1. The second-order valence-electron chi connectivity index (χ2n) is 4.75. The number of rotatable bonds is 3. The fourth-order valence-electron chi connectivity index (χ4n) is 2.18. The minimum Gasteiger partial charge on any atom is -0.318 e. The molecule has 0 spiro atoms. The van der Waals surface area contributed by atoms with Crippen LogP contribution in [0, 0.1) is 6.92 Å². The first-order chi connectivity index (χ1) is 9.75. The number of aromatic nitrogens is 3. The first kappa shape index (κ1) is 12.6. The van der Waals surface area contributed by atoms with Crippen LogP contribution in [0.2, 0.25) is 0 Å². The van der Waals surface area contributed by atoms with Gasteiger partial charge in [0, 0.05) is 5.56 Å². The Kier molecular flexibility index (Phi) is 3.31. The van der Waals surface area contributed by atoms with Crippen molar-refractivity contribution in [2.24, 2.45) is 5.73 Å². The molecule has 0 aliphatic rings. The molecule has 0 bridgehead atoms. The Morgan fingerprint density at radius 3 is 2.45 bits per heavy atom. The molecule has 100 valence electrons.